The van der Waals surface area contributed by atoms with Crippen LogP contribution < -0.4 is 5.32 Å². The molecule has 0 fully saturated rings. The lowest BCUT2D eigenvalue weighted by Crippen LogP contribution is -2.26. The molecular weight excluding hydrogens is 310 g/mol. The molecule has 25 heavy (non-hydrogen) atoms. The third-order valence-corrected chi connectivity index (χ3v) is 4.14. The Labute approximate surface area is 146 Å². The first kappa shape index (κ1) is 16.5. The van der Waals surface area contributed by atoms with E-state index < -0.39 is 0 Å². The van der Waals surface area contributed by atoms with Crippen molar-refractivity contribution in [1.82, 2.24) is 10.3 Å². The molecule has 1 amide bonds. The maximum absolute atomic E-state index is 12.3. The SMILES string of the molecule is Cc1[nH]c2ccccc2c1/C=C(\C#N)C(=O)NCCc1ccccc1. The van der Waals surface area contributed by atoms with E-state index in [1.807, 2.05) is 67.6 Å². The Hall–Kier alpha value is -3.32. The fourth-order valence-electron chi connectivity index (χ4n) is 2.84. The Bertz CT molecular complexity index is 962. The van der Waals surface area contributed by atoms with E-state index in [2.05, 4.69) is 10.3 Å². The van der Waals surface area contributed by atoms with Gasteiger partial charge in [-0.1, -0.05) is 48.5 Å². The highest BCUT2D eigenvalue weighted by Crippen LogP contribution is 2.24. The molecule has 1 heterocycles. The number of carbonyl (C=O) groups is 1. The second-order valence-corrected chi connectivity index (χ2v) is 5.87. The van der Waals surface area contributed by atoms with Gasteiger partial charge in [0.15, 0.2) is 0 Å². The van der Waals surface area contributed by atoms with E-state index in [1.165, 1.54) is 0 Å². The smallest absolute Gasteiger partial charge is 0.261 e. The largest absolute Gasteiger partial charge is 0.358 e. The Morgan fingerprint density at radius 2 is 1.88 bits per heavy atom. The number of hydrogen-bond donors (Lipinski definition) is 2. The fourth-order valence-corrected chi connectivity index (χ4v) is 2.84. The predicted molar refractivity (Wildman–Crippen MR) is 99.8 cm³/mol. The molecule has 0 aliphatic heterocycles. The summed E-state index contributed by atoms with van der Waals surface area (Å²) in [5.74, 6) is -0.344. The minimum absolute atomic E-state index is 0.112. The van der Waals surface area contributed by atoms with Gasteiger partial charge in [0.2, 0.25) is 0 Å². The molecule has 0 radical (unpaired) electrons. The maximum atomic E-state index is 12.3. The number of aromatic amines is 1. The molecule has 0 saturated carbocycles. The number of carbonyl (C=O) groups excluding carboxylic acids is 1. The minimum atomic E-state index is -0.344. The number of nitrogens with one attached hydrogen (secondary N) is 2. The van der Waals surface area contributed by atoms with Crippen LogP contribution >= 0.6 is 0 Å². The van der Waals surface area contributed by atoms with Crippen molar-refractivity contribution in [2.24, 2.45) is 0 Å². The molecule has 1 aromatic heterocycles. The number of aryl methyl sites for hydroxylation is 1. The number of hydrogen-bond acceptors (Lipinski definition) is 2. The summed E-state index contributed by atoms with van der Waals surface area (Å²) in [6.07, 6.45) is 2.39. The number of amides is 1. The molecule has 3 rings (SSSR count). The third kappa shape index (κ3) is 3.78. The van der Waals surface area contributed by atoms with Crippen molar-refractivity contribution in [3.05, 3.63) is 77.0 Å². The van der Waals surface area contributed by atoms with Crippen LogP contribution in [-0.4, -0.2) is 17.4 Å². The quantitative estimate of drug-likeness (QED) is 0.553. The first-order valence-corrected chi connectivity index (χ1v) is 8.20. The summed E-state index contributed by atoms with van der Waals surface area (Å²) in [5, 5.41) is 13.2. The number of rotatable bonds is 5. The van der Waals surface area contributed by atoms with Crippen LogP contribution in [0.25, 0.3) is 17.0 Å². The number of nitriles is 1. The molecular formula is C21H19N3O. The van der Waals surface area contributed by atoms with Gasteiger partial charge in [0.1, 0.15) is 11.6 Å². The van der Waals surface area contributed by atoms with Gasteiger partial charge in [0, 0.05) is 28.7 Å². The number of H-pyrrole nitrogens is 1. The summed E-state index contributed by atoms with van der Waals surface area (Å²) in [4.78, 5) is 15.6. The van der Waals surface area contributed by atoms with E-state index in [4.69, 9.17) is 0 Å². The van der Waals surface area contributed by atoms with Gasteiger partial charge in [0.05, 0.1) is 0 Å². The van der Waals surface area contributed by atoms with Gasteiger partial charge in [-0.15, -0.1) is 0 Å². The molecule has 0 aliphatic rings. The number of fused-ring (bicyclic) bond motifs is 1. The standard InChI is InChI=1S/C21H19N3O/c1-15-19(18-9-5-6-10-20(18)24-15)13-17(14-22)21(25)23-12-11-16-7-3-2-4-8-16/h2-10,13,24H,11-12H2,1H3,(H,23,25)/b17-13+. The maximum Gasteiger partial charge on any atom is 0.261 e. The van der Waals surface area contributed by atoms with Gasteiger partial charge < -0.3 is 10.3 Å². The van der Waals surface area contributed by atoms with Gasteiger partial charge in [-0.05, 0) is 31.1 Å². The normalized spacial score (nSPS) is 11.3. The molecule has 0 atom stereocenters. The van der Waals surface area contributed by atoms with Crippen LogP contribution in [0.3, 0.4) is 0 Å². The van der Waals surface area contributed by atoms with Crippen LogP contribution in [-0.2, 0) is 11.2 Å². The fraction of sp³-hybridized carbons (Fsp3) is 0.143. The number of nitrogens with zero attached hydrogens (tertiary/aromatic N) is 1. The topological polar surface area (TPSA) is 68.7 Å². The Balaban J connectivity index is 1.74. The van der Waals surface area contributed by atoms with Crippen LogP contribution in [0.15, 0.2) is 60.2 Å². The number of benzene rings is 2. The van der Waals surface area contributed by atoms with Gasteiger partial charge in [0.25, 0.3) is 5.91 Å². The van der Waals surface area contributed by atoms with Crippen molar-refractivity contribution in [3.8, 4) is 6.07 Å². The van der Waals surface area contributed by atoms with Gasteiger partial charge in [-0.3, -0.25) is 4.79 Å². The van der Waals surface area contributed by atoms with E-state index in [9.17, 15) is 10.1 Å². The Kier molecular flexibility index (Phi) is 4.96. The summed E-state index contributed by atoms with van der Waals surface area (Å²) < 4.78 is 0. The summed E-state index contributed by atoms with van der Waals surface area (Å²) in [6, 6.07) is 19.8. The van der Waals surface area contributed by atoms with Crippen LogP contribution in [0.5, 0.6) is 0 Å². The Morgan fingerprint density at radius 3 is 2.64 bits per heavy atom. The van der Waals surface area contributed by atoms with Gasteiger partial charge in [-0.25, -0.2) is 0 Å². The third-order valence-electron chi connectivity index (χ3n) is 4.14. The monoisotopic (exact) mass is 329 g/mol. The zero-order valence-electron chi connectivity index (χ0n) is 14.0. The number of aromatic nitrogens is 1. The van der Waals surface area contributed by atoms with E-state index >= 15 is 0 Å². The molecule has 0 spiro atoms. The van der Waals surface area contributed by atoms with Crippen molar-refractivity contribution in [2.45, 2.75) is 13.3 Å². The zero-order chi connectivity index (χ0) is 17.6. The van der Waals surface area contributed by atoms with E-state index in [0.717, 1.165) is 34.1 Å². The first-order valence-electron chi connectivity index (χ1n) is 8.20. The molecule has 3 aromatic rings. The van der Waals surface area contributed by atoms with Crippen LogP contribution in [0, 0.1) is 18.3 Å². The highest BCUT2D eigenvalue weighted by atomic mass is 16.1. The molecule has 0 saturated heterocycles. The molecule has 4 nitrogen and oxygen atoms in total. The van der Waals surface area contributed by atoms with E-state index in [0.29, 0.717) is 6.54 Å². The van der Waals surface area contributed by atoms with Crippen LogP contribution in [0.4, 0.5) is 0 Å². The molecule has 124 valence electrons. The molecule has 0 bridgehead atoms. The van der Waals surface area contributed by atoms with Crippen molar-refractivity contribution in [3.63, 3.8) is 0 Å². The number of para-hydroxylation sites is 1. The highest BCUT2D eigenvalue weighted by Gasteiger charge is 2.12. The minimum Gasteiger partial charge on any atom is -0.358 e. The highest BCUT2D eigenvalue weighted by molar-refractivity contribution is 6.04. The van der Waals surface area contributed by atoms with Gasteiger partial charge in [-0.2, -0.15) is 5.26 Å². The molecule has 0 aliphatic carbocycles. The predicted octanol–water partition coefficient (Wildman–Crippen LogP) is 3.74. The summed E-state index contributed by atoms with van der Waals surface area (Å²) in [7, 11) is 0. The summed E-state index contributed by atoms with van der Waals surface area (Å²) in [5.41, 5.74) is 4.07. The lowest BCUT2D eigenvalue weighted by atomic mass is 10.1. The molecule has 4 heteroatoms. The van der Waals surface area contributed by atoms with Crippen molar-refractivity contribution >= 4 is 22.9 Å². The lowest BCUT2D eigenvalue weighted by molar-refractivity contribution is -0.117. The van der Waals surface area contributed by atoms with Crippen molar-refractivity contribution in [2.75, 3.05) is 6.54 Å². The molecule has 2 N–H and O–H groups in total. The van der Waals surface area contributed by atoms with Crippen LogP contribution in [0.2, 0.25) is 0 Å². The molecule has 2 aromatic carbocycles. The second kappa shape index (κ2) is 7.50. The van der Waals surface area contributed by atoms with E-state index in [-0.39, 0.29) is 11.5 Å². The van der Waals surface area contributed by atoms with Crippen molar-refractivity contribution in [1.29, 1.82) is 5.26 Å². The Morgan fingerprint density at radius 1 is 1.16 bits per heavy atom. The average molecular weight is 329 g/mol. The molecule has 0 unspecified atom stereocenters. The lowest BCUT2D eigenvalue weighted by Gasteiger charge is -2.04. The zero-order valence-corrected chi connectivity index (χ0v) is 14.0. The van der Waals surface area contributed by atoms with Gasteiger partial charge >= 0.3 is 0 Å². The summed E-state index contributed by atoms with van der Waals surface area (Å²) >= 11 is 0. The average Bonchev–Trinajstić information content (AvgIpc) is 2.95. The summed E-state index contributed by atoms with van der Waals surface area (Å²) in [6.45, 7) is 2.43. The second-order valence-electron chi connectivity index (χ2n) is 5.87. The first-order chi connectivity index (χ1) is 12.2. The van der Waals surface area contributed by atoms with E-state index in [1.54, 1.807) is 6.08 Å². The van der Waals surface area contributed by atoms with Crippen molar-refractivity contribution < 1.29 is 4.79 Å². The van der Waals surface area contributed by atoms with Crippen LogP contribution in [0.1, 0.15) is 16.8 Å².